The Morgan fingerprint density at radius 2 is 2.33 bits per heavy atom. The fraction of sp³-hybridized carbons (Fsp3) is 0.143. The number of carbonyl (C=O) groups excluding carboxylic acids is 1. The van der Waals surface area contributed by atoms with E-state index < -0.39 is 11.8 Å². The fourth-order valence-electron chi connectivity index (χ4n) is 0.658. The Labute approximate surface area is 82.1 Å². The van der Waals surface area contributed by atoms with E-state index in [0.29, 0.717) is 3.70 Å². The zero-order valence-corrected chi connectivity index (χ0v) is 8.33. The third-order valence-electron chi connectivity index (χ3n) is 1.19. The summed E-state index contributed by atoms with van der Waals surface area (Å²) in [6, 6.07) is 2.66. The Morgan fingerprint density at radius 3 is 2.92 bits per heavy atom. The zero-order chi connectivity index (χ0) is 9.14. The molecule has 64 valence electrons. The van der Waals surface area contributed by atoms with Crippen molar-refractivity contribution in [3.8, 4) is 0 Å². The first-order valence-electron chi connectivity index (χ1n) is 3.05. The van der Waals surface area contributed by atoms with Gasteiger partial charge in [0.25, 0.3) is 0 Å². The first-order valence-corrected chi connectivity index (χ1v) is 4.13. The van der Waals surface area contributed by atoms with Gasteiger partial charge >= 0.3 is 5.97 Å². The van der Waals surface area contributed by atoms with Crippen molar-refractivity contribution in [1.29, 1.82) is 0 Å². The lowest BCUT2D eigenvalue weighted by Gasteiger charge is -1.99. The molecule has 0 bridgehead atoms. The molecule has 0 atom stereocenters. The lowest BCUT2D eigenvalue weighted by atomic mass is 10.3. The lowest BCUT2D eigenvalue weighted by molar-refractivity contribution is 0.0588. The second-order valence-electron chi connectivity index (χ2n) is 1.96. The molecule has 0 amide bonds. The zero-order valence-electron chi connectivity index (χ0n) is 6.17. The molecule has 0 spiro atoms. The molecule has 5 heteroatoms. The van der Waals surface area contributed by atoms with Gasteiger partial charge in [0.15, 0.2) is 11.5 Å². The molecule has 0 aromatic carbocycles. The van der Waals surface area contributed by atoms with Gasteiger partial charge in [-0.15, -0.1) is 0 Å². The van der Waals surface area contributed by atoms with E-state index in [0.717, 1.165) is 0 Å². The molecule has 0 unspecified atom stereocenters. The Morgan fingerprint density at radius 1 is 1.67 bits per heavy atom. The smallest absolute Gasteiger partial charge is 0.359 e. The number of rotatable bonds is 1. The van der Waals surface area contributed by atoms with Crippen LogP contribution in [0, 0.1) is 9.52 Å². The quantitative estimate of drug-likeness (QED) is 0.446. The van der Waals surface area contributed by atoms with Crippen molar-refractivity contribution in [1.82, 2.24) is 4.98 Å². The molecule has 1 aromatic heterocycles. The third-order valence-corrected chi connectivity index (χ3v) is 1.79. The third kappa shape index (κ3) is 1.90. The van der Waals surface area contributed by atoms with Gasteiger partial charge in [-0.3, -0.25) is 0 Å². The van der Waals surface area contributed by atoms with Crippen LogP contribution in [0.25, 0.3) is 0 Å². The SMILES string of the molecule is COC(=O)c1nc(I)ccc1F. The van der Waals surface area contributed by atoms with Gasteiger partial charge in [-0.25, -0.2) is 14.2 Å². The maximum absolute atomic E-state index is 12.8. The number of esters is 1. The van der Waals surface area contributed by atoms with Gasteiger partial charge in [0.05, 0.1) is 7.11 Å². The molecule has 3 nitrogen and oxygen atoms in total. The number of ether oxygens (including phenoxy) is 1. The molecule has 0 aliphatic rings. The topological polar surface area (TPSA) is 39.2 Å². The van der Waals surface area contributed by atoms with E-state index in [1.54, 1.807) is 0 Å². The van der Waals surface area contributed by atoms with Crippen LogP contribution in [-0.2, 0) is 4.74 Å². The van der Waals surface area contributed by atoms with Crippen LogP contribution in [0.15, 0.2) is 12.1 Å². The normalized spacial score (nSPS) is 9.58. The van der Waals surface area contributed by atoms with Crippen molar-refractivity contribution in [3.63, 3.8) is 0 Å². The van der Waals surface area contributed by atoms with Gasteiger partial charge in [-0.1, -0.05) is 0 Å². The number of halogens is 2. The summed E-state index contributed by atoms with van der Waals surface area (Å²) in [4.78, 5) is 14.5. The molecule has 1 heterocycles. The number of methoxy groups -OCH3 is 1. The number of carbonyl (C=O) groups is 1. The summed E-state index contributed by atoms with van der Waals surface area (Å²) in [5.74, 6) is -1.42. The minimum atomic E-state index is -0.758. The number of aromatic nitrogens is 1. The molecule has 1 rings (SSSR count). The van der Waals surface area contributed by atoms with E-state index in [-0.39, 0.29) is 5.69 Å². The predicted molar refractivity (Wildman–Crippen MR) is 48.3 cm³/mol. The summed E-state index contributed by atoms with van der Waals surface area (Å²) in [6.45, 7) is 0. The lowest BCUT2D eigenvalue weighted by Crippen LogP contribution is -2.08. The van der Waals surface area contributed by atoms with E-state index in [1.807, 2.05) is 22.6 Å². The highest BCUT2D eigenvalue weighted by Gasteiger charge is 2.13. The van der Waals surface area contributed by atoms with E-state index in [9.17, 15) is 9.18 Å². The summed E-state index contributed by atoms with van der Waals surface area (Å²) in [6.07, 6.45) is 0. The fourth-order valence-corrected chi connectivity index (χ4v) is 1.08. The van der Waals surface area contributed by atoms with Gasteiger partial charge in [0.1, 0.15) is 3.70 Å². The second kappa shape index (κ2) is 3.79. The summed E-state index contributed by atoms with van der Waals surface area (Å²) in [7, 11) is 1.18. The standard InChI is InChI=1S/C7H5FINO2/c1-12-7(11)6-4(8)2-3-5(9)10-6/h2-3H,1H3. The number of hydrogen-bond donors (Lipinski definition) is 0. The Kier molecular flexibility index (Phi) is 2.96. The van der Waals surface area contributed by atoms with Gasteiger partial charge in [0.2, 0.25) is 0 Å². The average Bonchev–Trinajstić information content (AvgIpc) is 2.08. The molecule has 0 aliphatic carbocycles. The Bertz CT molecular complexity index is 316. The van der Waals surface area contributed by atoms with Gasteiger partial charge in [0, 0.05) is 0 Å². The van der Waals surface area contributed by atoms with Crippen molar-refractivity contribution in [2.24, 2.45) is 0 Å². The van der Waals surface area contributed by atoms with E-state index in [2.05, 4.69) is 9.72 Å². The summed E-state index contributed by atoms with van der Waals surface area (Å²) < 4.78 is 17.7. The highest BCUT2D eigenvalue weighted by Crippen LogP contribution is 2.08. The monoisotopic (exact) mass is 281 g/mol. The van der Waals surface area contributed by atoms with Crippen LogP contribution in [0.3, 0.4) is 0 Å². The first-order chi connectivity index (χ1) is 5.65. The summed E-state index contributed by atoms with van der Waals surface area (Å²) in [5.41, 5.74) is -0.274. The molecule has 0 N–H and O–H groups in total. The highest BCUT2D eigenvalue weighted by molar-refractivity contribution is 14.1. The largest absolute Gasteiger partial charge is 0.464 e. The van der Waals surface area contributed by atoms with Crippen molar-refractivity contribution in [3.05, 3.63) is 27.3 Å². The van der Waals surface area contributed by atoms with E-state index in [1.165, 1.54) is 19.2 Å². The van der Waals surface area contributed by atoms with Crippen molar-refractivity contribution in [2.45, 2.75) is 0 Å². The van der Waals surface area contributed by atoms with Gasteiger partial charge < -0.3 is 4.74 Å². The molecule has 0 saturated carbocycles. The van der Waals surface area contributed by atoms with E-state index >= 15 is 0 Å². The predicted octanol–water partition coefficient (Wildman–Crippen LogP) is 1.61. The van der Waals surface area contributed by atoms with Crippen LogP contribution < -0.4 is 0 Å². The number of pyridine rings is 1. The van der Waals surface area contributed by atoms with Crippen LogP contribution in [-0.4, -0.2) is 18.1 Å². The van der Waals surface area contributed by atoms with Gasteiger partial charge in [-0.2, -0.15) is 0 Å². The minimum Gasteiger partial charge on any atom is -0.464 e. The summed E-state index contributed by atoms with van der Waals surface area (Å²) >= 11 is 1.89. The Hall–Kier alpha value is -0.720. The molecule has 1 aromatic rings. The molecular formula is C7H5FINO2. The maximum Gasteiger partial charge on any atom is 0.359 e. The van der Waals surface area contributed by atoms with Crippen LogP contribution in [0.2, 0.25) is 0 Å². The molecule has 0 saturated heterocycles. The molecular weight excluding hydrogens is 276 g/mol. The minimum absolute atomic E-state index is 0.274. The van der Waals surface area contributed by atoms with Gasteiger partial charge in [-0.05, 0) is 34.7 Å². The molecule has 0 aliphatic heterocycles. The van der Waals surface area contributed by atoms with E-state index in [4.69, 9.17) is 0 Å². The van der Waals surface area contributed by atoms with Crippen LogP contribution in [0.4, 0.5) is 4.39 Å². The number of hydrogen-bond acceptors (Lipinski definition) is 3. The Balaban J connectivity index is 3.13. The van der Waals surface area contributed by atoms with Crippen molar-refractivity contribution < 1.29 is 13.9 Å². The maximum atomic E-state index is 12.8. The van der Waals surface area contributed by atoms with Crippen LogP contribution in [0.1, 0.15) is 10.5 Å². The molecule has 0 radical (unpaired) electrons. The first kappa shape index (κ1) is 9.37. The molecule has 0 fully saturated rings. The number of nitrogens with zero attached hydrogens (tertiary/aromatic N) is 1. The van der Waals surface area contributed by atoms with Crippen LogP contribution in [0.5, 0.6) is 0 Å². The van der Waals surface area contributed by atoms with Crippen molar-refractivity contribution in [2.75, 3.05) is 7.11 Å². The highest BCUT2D eigenvalue weighted by atomic mass is 127. The molecule has 12 heavy (non-hydrogen) atoms. The second-order valence-corrected chi connectivity index (χ2v) is 3.06. The summed E-state index contributed by atoms with van der Waals surface area (Å²) in [5, 5.41) is 0. The van der Waals surface area contributed by atoms with Crippen molar-refractivity contribution >= 4 is 28.6 Å². The van der Waals surface area contributed by atoms with Crippen LogP contribution >= 0.6 is 22.6 Å². The average molecular weight is 281 g/mol.